The SMILES string of the molecule is Cn1ccc(CNC(=O)C2CCCCCN2)c1. The van der Waals surface area contributed by atoms with Crippen molar-refractivity contribution in [2.45, 2.75) is 38.3 Å². The minimum atomic E-state index is 0.00112. The van der Waals surface area contributed by atoms with Gasteiger partial charge in [-0.2, -0.15) is 0 Å². The largest absolute Gasteiger partial charge is 0.357 e. The first-order valence-corrected chi connectivity index (χ1v) is 6.37. The summed E-state index contributed by atoms with van der Waals surface area (Å²) < 4.78 is 1.99. The van der Waals surface area contributed by atoms with Crippen LogP contribution in [-0.2, 0) is 18.4 Å². The van der Waals surface area contributed by atoms with E-state index < -0.39 is 0 Å². The van der Waals surface area contributed by atoms with Crippen molar-refractivity contribution >= 4 is 5.91 Å². The highest BCUT2D eigenvalue weighted by atomic mass is 16.2. The van der Waals surface area contributed by atoms with Crippen molar-refractivity contribution in [3.05, 3.63) is 24.0 Å². The van der Waals surface area contributed by atoms with E-state index in [1.807, 2.05) is 30.1 Å². The van der Waals surface area contributed by atoms with E-state index in [-0.39, 0.29) is 11.9 Å². The van der Waals surface area contributed by atoms with Crippen LogP contribution in [0.3, 0.4) is 0 Å². The lowest BCUT2D eigenvalue weighted by atomic mass is 10.1. The molecule has 0 radical (unpaired) electrons. The minimum Gasteiger partial charge on any atom is -0.357 e. The van der Waals surface area contributed by atoms with E-state index in [0.717, 1.165) is 24.9 Å². The standard InChI is InChI=1S/C13H21N3O/c1-16-8-6-11(10-16)9-15-13(17)12-5-3-2-4-7-14-12/h6,8,10,12,14H,2-5,7,9H2,1H3,(H,15,17). The molecule has 1 aliphatic heterocycles. The Labute approximate surface area is 102 Å². The van der Waals surface area contributed by atoms with Crippen molar-refractivity contribution in [1.29, 1.82) is 0 Å². The third-order valence-corrected chi connectivity index (χ3v) is 3.24. The zero-order chi connectivity index (χ0) is 12.1. The molecular weight excluding hydrogens is 214 g/mol. The van der Waals surface area contributed by atoms with Gasteiger partial charge < -0.3 is 15.2 Å². The maximum absolute atomic E-state index is 12.0. The molecule has 1 aliphatic rings. The Balaban J connectivity index is 1.79. The molecule has 1 saturated heterocycles. The molecule has 94 valence electrons. The first-order chi connectivity index (χ1) is 8.25. The number of hydrogen-bond acceptors (Lipinski definition) is 2. The van der Waals surface area contributed by atoms with Crippen LogP contribution in [0.1, 0.15) is 31.2 Å². The van der Waals surface area contributed by atoms with Crippen molar-refractivity contribution in [2.75, 3.05) is 6.54 Å². The molecule has 1 fully saturated rings. The zero-order valence-electron chi connectivity index (χ0n) is 10.4. The van der Waals surface area contributed by atoms with Gasteiger partial charge in [-0.1, -0.05) is 12.8 Å². The van der Waals surface area contributed by atoms with Crippen LogP contribution >= 0.6 is 0 Å². The molecule has 17 heavy (non-hydrogen) atoms. The number of aryl methyl sites for hydroxylation is 1. The van der Waals surface area contributed by atoms with E-state index in [9.17, 15) is 4.79 Å². The molecule has 0 saturated carbocycles. The molecule has 2 rings (SSSR count). The van der Waals surface area contributed by atoms with Crippen LogP contribution in [0.2, 0.25) is 0 Å². The highest BCUT2D eigenvalue weighted by Crippen LogP contribution is 2.08. The average Bonchev–Trinajstić information content (AvgIpc) is 2.58. The zero-order valence-corrected chi connectivity index (χ0v) is 10.4. The molecule has 0 spiro atoms. The summed E-state index contributed by atoms with van der Waals surface area (Å²) in [6.45, 7) is 1.58. The topological polar surface area (TPSA) is 46.1 Å². The summed E-state index contributed by atoms with van der Waals surface area (Å²) >= 11 is 0. The monoisotopic (exact) mass is 235 g/mol. The van der Waals surface area contributed by atoms with Gasteiger partial charge in [-0.25, -0.2) is 0 Å². The molecule has 0 bridgehead atoms. The van der Waals surface area contributed by atoms with Gasteiger partial charge in [0.25, 0.3) is 0 Å². The highest BCUT2D eigenvalue weighted by Gasteiger charge is 2.18. The summed E-state index contributed by atoms with van der Waals surface area (Å²) in [5.74, 6) is 0.135. The van der Waals surface area contributed by atoms with E-state index in [2.05, 4.69) is 10.6 Å². The lowest BCUT2D eigenvalue weighted by Crippen LogP contribution is -2.43. The number of hydrogen-bond donors (Lipinski definition) is 2. The summed E-state index contributed by atoms with van der Waals surface area (Å²) in [5.41, 5.74) is 1.15. The number of nitrogens with zero attached hydrogens (tertiary/aromatic N) is 1. The van der Waals surface area contributed by atoms with Gasteiger partial charge in [0.2, 0.25) is 5.91 Å². The van der Waals surface area contributed by atoms with E-state index in [1.54, 1.807) is 0 Å². The van der Waals surface area contributed by atoms with E-state index in [4.69, 9.17) is 0 Å². The minimum absolute atomic E-state index is 0.00112. The lowest BCUT2D eigenvalue weighted by Gasteiger charge is -2.15. The normalized spacial score (nSPS) is 20.9. The predicted molar refractivity (Wildman–Crippen MR) is 67.5 cm³/mol. The summed E-state index contributed by atoms with van der Waals surface area (Å²) in [4.78, 5) is 12.0. The van der Waals surface area contributed by atoms with Crippen molar-refractivity contribution < 1.29 is 4.79 Å². The second kappa shape index (κ2) is 5.87. The van der Waals surface area contributed by atoms with E-state index in [0.29, 0.717) is 6.54 Å². The van der Waals surface area contributed by atoms with Gasteiger partial charge in [-0.3, -0.25) is 4.79 Å². The average molecular weight is 235 g/mol. The smallest absolute Gasteiger partial charge is 0.237 e. The quantitative estimate of drug-likeness (QED) is 0.826. The fraction of sp³-hybridized carbons (Fsp3) is 0.615. The Bertz CT molecular complexity index is 364. The Morgan fingerprint density at radius 2 is 2.41 bits per heavy atom. The van der Waals surface area contributed by atoms with Crippen LogP contribution in [-0.4, -0.2) is 23.1 Å². The predicted octanol–water partition coefficient (Wildman–Crippen LogP) is 1.17. The molecule has 4 nitrogen and oxygen atoms in total. The highest BCUT2D eigenvalue weighted by molar-refractivity contribution is 5.81. The molecule has 1 unspecified atom stereocenters. The fourth-order valence-electron chi connectivity index (χ4n) is 2.23. The van der Waals surface area contributed by atoms with E-state index >= 15 is 0 Å². The van der Waals surface area contributed by atoms with Gasteiger partial charge in [-0.15, -0.1) is 0 Å². The third-order valence-electron chi connectivity index (χ3n) is 3.24. The number of carbonyl (C=O) groups excluding carboxylic acids is 1. The Kier molecular flexibility index (Phi) is 4.20. The van der Waals surface area contributed by atoms with Gasteiger partial charge >= 0.3 is 0 Å². The van der Waals surface area contributed by atoms with Crippen LogP contribution in [0.5, 0.6) is 0 Å². The van der Waals surface area contributed by atoms with Crippen molar-refractivity contribution in [3.8, 4) is 0 Å². The van der Waals surface area contributed by atoms with Gasteiger partial charge in [0.15, 0.2) is 0 Å². The van der Waals surface area contributed by atoms with Crippen LogP contribution < -0.4 is 10.6 Å². The summed E-state index contributed by atoms with van der Waals surface area (Å²) in [7, 11) is 1.98. The molecule has 0 aromatic carbocycles. The molecule has 1 aromatic heterocycles. The van der Waals surface area contributed by atoms with Crippen LogP contribution in [0, 0.1) is 0 Å². The van der Waals surface area contributed by atoms with Crippen molar-refractivity contribution in [3.63, 3.8) is 0 Å². The first kappa shape index (κ1) is 12.2. The van der Waals surface area contributed by atoms with Crippen molar-refractivity contribution in [2.24, 2.45) is 7.05 Å². The molecule has 2 N–H and O–H groups in total. The van der Waals surface area contributed by atoms with Gasteiger partial charge in [0.05, 0.1) is 6.04 Å². The molecule has 4 heteroatoms. The number of aromatic nitrogens is 1. The Morgan fingerprint density at radius 1 is 1.53 bits per heavy atom. The van der Waals surface area contributed by atoms with Gasteiger partial charge in [0, 0.05) is 26.0 Å². The summed E-state index contributed by atoms with van der Waals surface area (Å²) in [6, 6.07) is 2.03. The van der Waals surface area contributed by atoms with Crippen LogP contribution in [0.25, 0.3) is 0 Å². The number of amides is 1. The maximum atomic E-state index is 12.0. The second-order valence-electron chi connectivity index (χ2n) is 4.76. The van der Waals surface area contributed by atoms with Crippen LogP contribution in [0.4, 0.5) is 0 Å². The molecule has 1 aromatic rings. The first-order valence-electron chi connectivity index (χ1n) is 6.37. The Hall–Kier alpha value is -1.29. The fourth-order valence-corrected chi connectivity index (χ4v) is 2.23. The van der Waals surface area contributed by atoms with E-state index in [1.165, 1.54) is 12.8 Å². The third kappa shape index (κ3) is 3.60. The molecule has 1 atom stereocenters. The van der Waals surface area contributed by atoms with Crippen molar-refractivity contribution in [1.82, 2.24) is 15.2 Å². The van der Waals surface area contributed by atoms with Gasteiger partial charge in [-0.05, 0) is 31.0 Å². The molecule has 2 heterocycles. The van der Waals surface area contributed by atoms with Crippen LogP contribution in [0.15, 0.2) is 18.5 Å². The number of rotatable bonds is 3. The van der Waals surface area contributed by atoms with Gasteiger partial charge in [0.1, 0.15) is 0 Å². The summed E-state index contributed by atoms with van der Waals surface area (Å²) in [6.07, 6.45) is 8.54. The number of nitrogens with one attached hydrogen (secondary N) is 2. The Morgan fingerprint density at radius 3 is 3.18 bits per heavy atom. The lowest BCUT2D eigenvalue weighted by molar-refractivity contribution is -0.123. The summed E-state index contributed by atoms with van der Waals surface area (Å²) in [5, 5.41) is 6.30. The maximum Gasteiger partial charge on any atom is 0.237 e. The molecular formula is C13H21N3O. The number of carbonyl (C=O) groups is 1. The molecule has 1 amide bonds. The molecule has 0 aliphatic carbocycles. The second-order valence-corrected chi connectivity index (χ2v) is 4.76.